The summed E-state index contributed by atoms with van der Waals surface area (Å²) in [5.41, 5.74) is 3.59. The Kier molecular flexibility index (Phi) is 8.92. The maximum Gasteiger partial charge on any atom is 0.193 e. The number of nitrogens with one attached hydrogen (secondary N) is 1. The van der Waals surface area contributed by atoms with Crippen molar-refractivity contribution in [1.29, 1.82) is 0 Å². The first-order chi connectivity index (χ1) is 11.4. The Hall–Kier alpha value is -1.09. The molecule has 0 amide bonds. The van der Waals surface area contributed by atoms with E-state index < -0.39 is 0 Å². The molecule has 0 radical (unpaired) electrons. The van der Waals surface area contributed by atoms with Crippen LogP contribution in [-0.4, -0.2) is 34.7 Å². The van der Waals surface area contributed by atoms with Crippen LogP contribution in [0.5, 0.6) is 0 Å². The summed E-state index contributed by atoms with van der Waals surface area (Å²) in [6.07, 6.45) is 2.09. The molecule has 7 heteroatoms. The summed E-state index contributed by atoms with van der Waals surface area (Å²) in [7, 11) is 5.83. The zero-order chi connectivity index (χ0) is 17.7. The first-order valence-corrected chi connectivity index (χ1v) is 8.88. The average molecular weight is 520 g/mol. The molecule has 2 aromatic rings. The van der Waals surface area contributed by atoms with Crippen LogP contribution in [0, 0.1) is 0 Å². The molecule has 1 aromatic heterocycles. The number of halogens is 2. The zero-order valence-electron chi connectivity index (χ0n) is 15.5. The van der Waals surface area contributed by atoms with Crippen molar-refractivity contribution in [2.45, 2.75) is 32.9 Å². The van der Waals surface area contributed by atoms with Crippen LogP contribution in [0.25, 0.3) is 0 Å². The quantitative estimate of drug-likeness (QED) is 0.367. The topological polar surface area (TPSA) is 45.5 Å². The number of nitrogens with zero attached hydrogens (tertiary/aromatic N) is 4. The minimum atomic E-state index is 0. The van der Waals surface area contributed by atoms with Crippen molar-refractivity contribution in [3.05, 3.63) is 51.8 Å². The van der Waals surface area contributed by atoms with Crippen molar-refractivity contribution in [3.8, 4) is 0 Å². The number of rotatable bonds is 5. The van der Waals surface area contributed by atoms with Gasteiger partial charge in [-0.15, -0.1) is 24.0 Å². The number of guanidine groups is 1. The lowest BCUT2D eigenvalue weighted by Crippen LogP contribution is -2.38. The minimum absolute atomic E-state index is 0. The molecule has 5 nitrogen and oxygen atoms in total. The van der Waals surface area contributed by atoms with Gasteiger partial charge in [-0.1, -0.05) is 41.9 Å². The summed E-state index contributed by atoms with van der Waals surface area (Å²) in [5.74, 6) is 1.28. The molecule has 0 aliphatic carbocycles. The van der Waals surface area contributed by atoms with Gasteiger partial charge in [0.05, 0.1) is 5.69 Å². The molecule has 0 aliphatic rings. The first kappa shape index (κ1) is 22.0. The second kappa shape index (κ2) is 10.2. The highest BCUT2D eigenvalue weighted by atomic mass is 127. The van der Waals surface area contributed by atoms with Crippen LogP contribution >= 0.6 is 39.9 Å². The van der Waals surface area contributed by atoms with Crippen LogP contribution in [0.1, 0.15) is 36.6 Å². The molecule has 0 saturated carbocycles. The van der Waals surface area contributed by atoms with E-state index in [1.807, 2.05) is 38.0 Å². The molecule has 1 N–H and O–H groups in total. The summed E-state index contributed by atoms with van der Waals surface area (Å²) in [5, 5.41) is 7.99. The Morgan fingerprint density at radius 3 is 2.72 bits per heavy atom. The average Bonchev–Trinajstić information content (AvgIpc) is 2.88. The smallest absolute Gasteiger partial charge is 0.193 e. The molecule has 0 aliphatic heterocycles. The minimum Gasteiger partial charge on any atom is -0.352 e. The van der Waals surface area contributed by atoms with Crippen molar-refractivity contribution < 1.29 is 0 Å². The van der Waals surface area contributed by atoms with Crippen molar-refractivity contribution in [2.75, 3.05) is 14.1 Å². The Bertz CT molecular complexity index is 711. The monoisotopic (exact) mass is 519 g/mol. The second-order valence-electron chi connectivity index (χ2n) is 6.25. The van der Waals surface area contributed by atoms with Crippen molar-refractivity contribution in [2.24, 2.45) is 12.0 Å². The lowest BCUT2D eigenvalue weighted by Gasteiger charge is -2.22. The van der Waals surface area contributed by atoms with E-state index in [-0.39, 0.29) is 24.0 Å². The SMILES string of the molecule is CN=C(NCc1cccc(Br)c1)N(C)Cc1cn(C)nc1C(C)C.I. The van der Waals surface area contributed by atoms with Gasteiger partial charge in [0, 0.05) is 50.5 Å². The predicted molar refractivity (Wildman–Crippen MR) is 119 cm³/mol. The fourth-order valence-corrected chi connectivity index (χ4v) is 3.15. The van der Waals surface area contributed by atoms with Crippen LogP contribution in [-0.2, 0) is 20.1 Å². The summed E-state index contributed by atoms with van der Waals surface area (Å²) in [4.78, 5) is 6.52. The molecule has 138 valence electrons. The fourth-order valence-electron chi connectivity index (χ4n) is 2.71. The normalized spacial score (nSPS) is 11.4. The number of aliphatic imine (C=N–C) groups is 1. The largest absolute Gasteiger partial charge is 0.352 e. The molecule has 0 atom stereocenters. The van der Waals surface area contributed by atoms with E-state index in [2.05, 4.69) is 68.4 Å². The van der Waals surface area contributed by atoms with Gasteiger partial charge >= 0.3 is 0 Å². The van der Waals surface area contributed by atoms with E-state index in [1.165, 1.54) is 11.1 Å². The molecule has 25 heavy (non-hydrogen) atoms. The molecular weight excluding hydrogens is 493 g/mol. The Balaban J connectivity index is 0.00000312. The van der Waals surface area contributed by atoms with E-state index in [0.717, 1.165) is 29.2 Å². The third-order valence-corrected chi connectivity index (χ3v) is 4.30. The number of benzene rings is 1. The van der Waals surface area contributed by atoms with Crippen molar-refractivity contribution in [1.82, 2.24) is 20.0 Å². The molecule has 0 unspecified atom stereocenters. The second-order valence-corrected chi connectivity index (χ2v) is 7.17. The molecule has 0 fully saturated rings. The van der Waals surface area contributed by atoms with E-state index in [1.54, 1.807) is 0 Å². The highest BCUT2D eigenvalue weighted by Crippen LogP contribution is 2.18. The Morgan fingerprint density at radius 2 is 2.12 bits per heavy atom. The van der Waals surface area contributed by atoms with Crippen LogP contribution < -0.4 is 5.32 Å². The van der Waals surface area contributed by atoms with Gasteiger partial charge in [-0.25, -0.2) is 0 Å². The molecule has 1 aromatic carbocycles. The lowest BCUT2D eigenvalue weighted by atomic mass is 10.1. The molecular formula is C18H27BrIN5. The zero-order valence-corrected chi connectivity index (χ0v) is 19.4. The summed E-state index contributed by atoms with van der Waals surface area (Å²) in [6, 6.07) is 8.28. The van der Waals surface area contributed by atoms with Crippen LogP contribution in [0.4, 0.5) is 0 Å². The third kappa shape index (κ3) is 6.29. The first-order valence-electron chi connectivity index (χ1n) is 8.09. The molecule has 0 bridgehead atoms. The molecule has 1 heterocycles. The van der Waals surface area contributed by atoms with E-state index in [4.69, 9.17) is 0 Å². The van der Waals surface area contributed by atoms with Crippen molar-refractivity contribution in [3.63, 3.8) is 0 Å². The maximum atomic E-state index is 4.58. The molecule has 0 saturated heterocycles. The van der Waals surface area contributed by atoms with Gasteiger partial charge in [0.1, 0.15) is 0 Å². The van der Waals surface area contributed by atoms with Gasteiger partial charge in [-0.2, -0.15) is 5.10 Å². The lowest BCUT2D eigenvalue weighted by molar-refractivity contribution is 0.473. The summed E-state index contributed by atoms with van der Waals surface area (Å²) >= 11 is 3.51. The van der Waals surface area contributed by atoms with E-state index in [9.17, 15) is 0 Å². The van der Waals surface area contributed by atoms with Crippen molar-refractivity contribution >= 4 is 45.9 Å². The summed E-state index contributed by atoms with van der Waals surface area (Å²) in [6.45, 7) is 5.86. The standard InChI is InChI=1S/C18H26BrN5.HI/c1-13(2)17-15(12-24(5)22-17)11-23(4)18(20-3)21-10-14-7-6-8-16(19)9-14;/h6-9,12-13H,10-11H2,1-5H3,(H,20,21);1H. The van der Waals surface area contributed by atoms with Gasteiger partial charge in [0.2, 0.25) is 0 Å². The Labute approximate surface area is 176 Å². The van der Waals surface area contributed by atoms with Gasteiger partial charge in [-0.3, -0.25) is 9.67 Å². The molecule has 0 spiro atoms. The highest BCUT2D eigenvalue weighted by molar-refractivity contribution is 14.0. The van der Waals surface area contributed by atoms with Crippen LogP contribution in [0.2, 0.25) is 0 Å². The third-order valence-electron chi connectivity index (χ3n) is 3.80. The summed E-state index contributed by atoms with van der Waals surface area (Å²) < 4.78 is 2.97. The van der Waals surface area contributed by atoms with Crippen LogP contribution in [0.3, 0.4) is 0 Å². The van der Waals surface area contributed by atoms with Crippen LogP contribution in [0.15, 0.2) is 39.9 Å². The number of hydrogen-bond donors (Lipinski definition) is 1. The molecule has 2 rings (SSSR count). The number of aryl methyl sites for hydroxylation is 1. The van der Waals surface area contributed by atoms with Gasteiger partial charge in [-0.05, 0) is 23.6 Å². The number of aromatic nitrogens is 2. The van der Waals surface area contributed by atoms with E-state index >= 15 is 0 Å². The van der Waals surface area contributed by atoms with Gasteiger partial charge < -0.3 is 10.2 Å². The maximum absolute atomic E-state index is 4.58. The fraction of sp³-hybridized carbons (Fsp3) is 0.444. The Morgan fingerprint density at radius 1 is 1.40 bits per heavy atom. The highest BCUT2D eigenvalue weighted by Gasteiger charge is 2.15. The predicted octanol–water partition coefficient (Wildman–Crippen LogP) is 4.13. The van der Waals surface area contributed by atoms with Gasteiger partial charge in [0.15, 0.2) is 5.96 Å². The number of hydrogen-bond acceptors (Lipinski definition) is 2. The van der Waals surface area contributed by atoms with Gasteiger partial charge in [0.25, 0.3) is 0 Å². The van der Waals surface area contributed by atoms with E-state index in [0.29, 0.717) is 5.92 Å².